The number of thiol groups is 1. The monoisotopic (exact) mass is 244 g/mol. The molecule has 0 aliphatic rings. The molecule has 0 aliphatic carbocycles. The van der Waals surface area contributed by atoms with Gasteiger partial charge in [-0.25, -0.2) is 13.2 Å². The van der Waals surface area contributed by atoms with Gasteiger partial charge in [-0.15, -0.1) is 12.6 Å². The molecule has 0 spiro atoms. The van der Waals surface area contributed by atoms with Gasteiger partial charge in [0.25, 0.3) is 0 Å². The molecule has 0 aliphatic heterocycles. The van der Waals surface area contributed by atoms with Crippen molar-refractivity contribution in [2.24, 2.45) is 0 Å². The van der Waals surface area contributed by atoms with Gasteiger partial charge in [0.05, 0.1) is 0 Å². The zero-order chi connectivity index (χ0) is 11.7. The molecule has 0 N–H and O–H groups in total. The Morgan fingerprint density at radius 3 is 1.53 bits per heavy atom. The first kappa shape index (κ1) is 12.1. The molecule has 0 radical (unpaired) electrons. The van der Waals surface area contributed by atoms with Crippen LogP contribution >= 0.6 is 12.6 Å². The minimum atomic E-state index is -2.22. The van der Waals surface area contributed by atoms with Crippen LogP contribution in [0.1, 0.15) is 6.92 Å². The van der Waals surface area contributed by atoms with Gasteiger partial charge in [-0.3, -0.25) is 0 Å². The topological polar surface area (TPSA) is 9.23 Å². The van der Waals surface area contributed by atoms with Gasteiger partial charge in [-0.1, -0.05) is 0 Å². The highest BCUT2D eigenvalue weighted by Gasteiger charge is 2.27. The maximum Gasteiger partial charge on any atom is 0.207 e. The molecule has 0 amide bonds. The third kappa shape index (κ3) is 2.17. The summed E-state index contributed by atoms with van der Waals surface area (Å²) in [6.07, 6.45) is 0. The van der Waals surface area contributed by atoms with Crippen LogP contribution in [0.15, 0.2) is 0 Å². The molecule has 1 aromatic rings. The average Bonchev–Trinajstić information content (AvgIpc) is 2.18. The van der Waals surface area contributed by atoms with Crippen LogP contribution in [-0.4, -0.2) is 5.44 Å². The number of hydrogen-bond donors (Lipinski definition) is 1. The normalized spacial score (nSPS) is 12.7. The Morgan fingerprint density at radius 2 is 1.20 bits per heavy atom. The molecule has 1 aromatic carbocycles. The zero-order valence-electron chi connectivity index (χ0n) is 7.32. The van der Waals surface area contributed by atoms with Crippen LogP contribution in [0.2, 0.25) is 0 Å². The van der Waals surface area contributed by atoms with Crippen LogP contribution in [0.3, 0.4) is 0 Å². The molecule has 0 bridgehead atoms. The summed E-state index contributed by atoms with van der Waals surface area (Å²) < 4.78 is 67.8. The fourth-order valence-electron chi connectivity index (χ4n) is 0.859. The number of benzene rings is 1. The summed E-state index contributed by atoms with van der Waals surface area (Å²) >= 11 is 3.60. The van der Waals surface area contributed by atoms with Crippen molar-refractivity contribution >= 4 is 12.6 Å². The molecule has 0 fully saturated rings. The van der Waals surface area contributed by atoms with Gasteiger partial charge in [0.15, 0.2) is 5.75 Å². The molecule has 0 aromatic heterocycles. The molecular weight excluding hydrogens is 239 g/mol. The maximum absolute atomic E-state index is 12.9. The van der Waals surface area contributed by atoms with Gasteiger partial charge in [-0.2, -0.15) is 8.78 Å². The maximum atomic E-state index is 12.9. The van der Waals surface area contributed by atoms with Gasteiger partial charge in [0, 0.05) is 0 Å². The summed E-state index contributed by atoms with van der Waals surface area (Å²) in [6, 6.07) is 0. The van der Waals surface area contributed by atoms with Gasteiger partial charge in [0.2, 0.25) is 29.1 Å². The van der Waals surface area contributed by atoms with Crippen molar-refractivity contribution in [1.82, 2.24) is 0 Å². The van der Waals surface area contributed by atoms with Gasteiger partial charge in [0.1, 0.15) is 5.44 Å². The van der Waals surface area contributed by atoms with Crippen molar-refractivity contribution in [3.63, 3.8) is 0 Å². The number of halogens is 5. The van der Waals surface area contributed by atoms with E-state index in [9.17, 15) is 22.0 Å². The van der Waals surface area contributed by atoms with Crippen molar-refractivity contribution in [2.75, 3.05) is 0 Å². The third-order valence-corrected chi connectivity index (χ3v) is 1.56. The Balaban J connectivity index is 3.39. The van der Waals surface area contributed by atoms with Crippen LogP contribution in [0, 0.1) is 29.1 Å². The molecule has 0 saturated heterocycles. The lowest BCUT2D eigenvalue weighted by Gasteiger charge is -2.11. The fourth-order valence-corrected chi connectivity index (χ4v) is 0.964. The van der Waals surface area contributed by atoms with E-state index in [0.29, 0.717) is 0 Å². The fraction of sp³-hybridized carbons (Fsp3) is 0.250. The second kappa shape index (κ2) is 4.26. The first-order chi connectivity index (χ1) is 6.86. The molecule has 84 valence electrons. The van der Waals surface area contributed by atoms with Gasteiger partial charge in [-0.05, 0) is 6.92 Å². The van der Waals surface area contributed by atoms with Crippen LogP contribution in [0.4, 0.5) is 22.0 Å². The quantitative estimate of drug-likeness (QED) is 0.276. The Kier molecular flexibility index (Phi) is 3.43. The number of hydrogen-bond acceptors (Lipinski definition) is 2. The second-order valence-corrected chi connectivity index (χ2v) is 3.34. The highest BCUT2D eigenvalue weighted by molar-refractivity contribution is 7.80. The predicted octanol–water partition coefficient (Wildman–Crippen LogP) is 3.04. The van der Waals surface area contributed by atoms with Crippen molar-refractivity contribution in [3.8, 4) is 5.75 Å². The first-order valence-electron chi connectivity index (χ1n) is 3.72. The Morgan fingerprint density at radius 1 is 0.867 bits per heavy atom. The van der Waals surface area contributed by atoms with Crippen LogP contribution in [0.5, 0.6) is 5.75 Å². The lowest BCUT2D eigenvalue weighted by atomic mass is 10.2. The molecular formula is C8H5F5OS. The molecule has 1 rings (SSSR count). The Labute approximate surface area is 87.3 Å². The first-order valence-corrected chi connectivity index (χ1v) is 4.24. The Hall–Kier alpha value is -0.980. The van der Waals surface area contributed by atoms with Crippen LogP contribution < -0.4 is 4.74 Å². The van der Waals surface area contributed by atoms with Crippen molar-refractivity contribution < 1.29 is 26.7 Å². The molecule has 0 heterocycles. The van der Waals surface area contributed by atoms with Crippen LogP contribution in [0.25, 0.3) is 0 Å². The van der Waals surface area contributed by atoms with E-state index >= 15 is 0 Å². The summed E-state index contributed by atoms with van der Waals surface area (Å²) in [5, 5.41) is 0. The molecule has 0 saturated carbocycles. The zero-order valence-corrected chi connectivity index (χ0v) is 8.22. The summed E-state index contributed by atoms with van der Waals surface area (Å²) in [6.45, 7) is 1.27. The van der Waals surface area contributed by atoms with E-state index in [-0.39, 0.29) is 0 Å². The molecule has 1 unspecified atom stereocenters. The van der Waals surface area contributed by atoms with E-state index < -0.39 is 40.3 Å². The van der Waals surface area contributed by atoms with E-state index in [2.05, 4.69) is 17.4 Å². The highest BCUT2D eigenvalue weighted by atomic mass is 32.1. The summed E-state index contributed by atoms with van der Waals surface area (Å²) in [5.74, 6) is -11.6. The standard InChI is InChI=1S/C8H5F5OS/c1-2(15)14-8-6(12)4(10)3(9)5(11)7(8)13/h2,15H,1H3. The summed E-state index contributed by atoms with van der Waals surface area (Å²) in [5.41, 5.74) is -1.00. The van der Waals surface area contributed by atoms with Crippen molar-refractivity contribution in [2.45, 2.75) is 12.4 Å². The molecule has 7 heteroatoms. The van der Waals surface area contributed by atoms with Crippen molar-refractivity contribution in [1.29, 1.82) is 0 Å². The van der Waals surface area contributed by atoms with Gasteiger partial charge < -0.3 is 4.74 Å². The third-order valence-electron chi connectivity index (χ3n) is 1.46. The van der Waals surface area contributed by atoms with E-state index in [1.165, 1.54) is 6.92 Å². The van der Waals surface area contributed by atoms with Gasteiger partial charge >= 0.3 is 0 Å². The lowest BCUT2D eigenvalue weighted by molar-refractivity contribution is 0.256. The largest absolute Gasteiger partial charge is 0.474 e. The van der Waals surface area contributed by atoms with E-state index in [4.69, 9.17) is 0 Å². The summed E-state index contributed by atoms with van der Waals surface area (Å²) in [7, 11) is 0. The molecule has 15 heavy (non-hydrogen) atoms. The highest BCUT2D eigenvalue weighted by Crippen LogP contribution is 2.29. The number of rotatable bonds is 2. The van der Waals surface area contributed by atoms with E-state index in [1.54, 1.807) is 0 Å². The van der Waals surface area contributed by atoms with E-state index in [0.717, 1.165) is 0 Å². The van der Waals surface area contributed by atoms with Crippen LogP contribution in [-0.2, 0) is 0 Å². The SMILES string of the molecule is CC(S)Oc1c(F)c(F)c(F)c(F)c1F. The minimum absolute atomic E-state index is 1.00. The smallest absolute Gasteiger partial charge is 0.207 e. The molecule has 1 atom stereocenters. The average molecular weight is 244 g/mol. The molecule has 1 nitrogen and oxygen atoms in total. The second-order valence-electron chi connectivity index (χ2n) is 2.62. The summed E-state index contributed by atoms with van der Waals surface area (Å²) in [4.78, 5) is 0. The lowest BCUT2D eigenvalue weighted by Crippen LogP contribution is -2.10. The van der Waals surface area contributed by atoms with Crippen molar-refractivity contribution in [3.05, 3.63) is 29.1 Å². The minimum Gasteiger partial charge on any atom is -0.474 e. The predicted molar refractivity (Wildman–Crippen MR) is 45.3 cm³/mol. The number of ether oxygens (including phenoxy) is 1. The Bertz CT molecular complexity index is 364. The van der Waals surface area contributed by atoms with E-state index in [1.807, 2.05) is 0 Å².